The first-order valence-corrected chi connectivity index (χ1v) is 29.7. The lowest BCUT2D eigenvalue weighted by atomic mass is 9.50. The van der Waals surface area contributed by atoms with Gasteiger partial charge >= 0.3 is 0 Å². The predicted molar refractivity (Wildman–Crippen MR) is 293 cm³/mol. The highest BCUT2D eigenvalue weighted by molar-refractivity contribution is 6.34. The molecule has 9 aliphatic carbocycles. The van der Waals surface area contributed by atoms with E-state index in [4.69, 9.17) is 14.5 Å². The number of ether oxygens (including phenoxy) is 2. The summed E-state index contributed by atoms with van der Waals surface area (Å²) in [7, 11) is 0. The van der Waals surface area contributed by atoms with Crippen molar-refractivity contribution in [1.29, 1.82) is 0 Å². The lowest BCUT2D eigenvalue weighted by Gasteiger charge is -2.64. The molecule has 13 aliphatic rings. The van der Waals surface area contributed by atoms with Crippen molar-refractivity contribution in [2.75, 3.05) is 11.9 Å². The highest BCUT2D eigenvalue weighted by atomic mass is 16.7. The molecule has 5 saturated carbocycles. The van der Waals surface area contributed by atoms with E-state index in [0.717, 1.165) is 106 Å². The molecule has 2 aromatic carbocycles. The number of anilines is 1. The Bertz CT molecular complexity index is 3740. The maximum atomic E-state index is 15.4. The number of H-pyrrole nitrogens is 2. The number of ketones is 2. The highest BCUT2D eigenvalue weighted by Crippen LogP contribution is 2.78. The average Bonchev–Trinajstić information content (AvgIpc) is 1.85. The number of aromatic amines is 2. The van der Waals surface area contributed by atoms with Gasteiger partial charge in [0.15, 0.2) is 17.5 Å². The number of rotatable bonds is 1. The Kier molecular flexibility index (Phi) is 9.66. The van der Waals surface area contributed by atoms with E-state index in [1.54, 1.807) is 43.7 Å². The smallest absolute Gasteiger partial charge is 0.261 e. The number of benzene rings is 2. The fraction of sp³-hybridized carbons (Fsp3) is 0.538. The Labute approximate surface area is 462 Å². The first-order chi connectivity index (χ1) is 38.6. The van der Waals surface area contributed by atoms with Gasteiger partial charge in [-0.3, -0.25) is 9.59 Å². The summed E-state index contributed by atoms with van der Waals surface area (Å²) in [6.45, 7) is 1.72. The number of carbonyl (C=O) groups is 2. The molecule has 15 nitrogen and oxygen atoms in total. The van der Waals surface area contributed by atoms with Gasteiger partial charge in [-0.2, -0.15) is 0 Å². The molecule has 13 atom stereocenters. The molecule has 5 aromatic rings. The molecule has 7 heterocycles. The molecule has 6 fully saturated rings. The number of carbonyl (C=O) groups excluding carboxylic acids is 2. The molecular formula is C65H67N5O10. The number of hydrogen-bond acceptors (Lipinski definition) is 13. The van der Waals surface area contributed by atoms with Crippen LogP contribution in [0, 0.1) is 52.3 Å². The minimum absolute atomic E-state index is 0.0134. The fourth-order valence-corrected chi connectivity index (χ4v) is 20.5. The van der Waals surface area contributed by atoms with E-state index in [9.17, 15) is 30.6 Å². The van der Waals surface area contributed by atoms with Crippen molar-refractivity contribution < 1.29 is 49.7 Å². The van der Waals surface area contributed by atoms with E-state index >= 15 is 9.59 Å². The minimum atomic E-state index is -2.48. The minimum Gasteiger partial charge on any atom is -0.507 e. The van der Waals surface area contributed by atoms with Gasteiger partial charge < -0.3 is 55.4 Å². The summed E-state index contributed by atoms with van der Waals surface area (Å²) in [5, 5.41) is 84.2. The second kappa shape index (κ2) is 15.9. The van der Waals surface area contributed by atoms with Crippen molar-refractivity contribution in [3.8, 4) is 23.3 Å². The van der Waals surface area contributed by atoms with Crippen molar-refractivity contribution in [2.24, 2.45) is 33.5 Å². The van der Waals surface area contributed by atoms with Gasteiger partial charge in [0.25, 0.3) is 5.79 Å². The standard InChI is InChI=1S/C65H67N5O10/c1-32-21-36-46(41(71)22-32)53(74)48-42-23-35-34(47(48)52(36)73)12-20-67-57(35)68-28-45(72)63-30-60(15-6-7-16-60)39-11-8-10-33-9-2-3-17-62(33,44-27-66-31-69-44)43-24-37(49(39)63)51(70-43)38-25-64(79-42)55(76)54(75)56(77)65(80-64)50(38)40(63)26-61(58(65)78)19-18-59(29-61)13-4-5-14-59/h12,20-25,27,31,33,39,45,49,54-56,58,70-72,75-78H,2-7,9-10,13-19,26,28-30H2,1H3,(H,66,69)(H,67,68)/t33-,39-,45+,49+,54+,55+,56-,58+,61+,62-,63-,64+,65-/m0/s1. The van der Waals surface area contributed by atoms with Gasteiger partial charge in [-0.25, -0.2) is 9.97 Å². The quantitative estimate of drug-likeness (QED) is 0.0706. The van der Waals surface area contributed by atoms with Crippen molar-refractivity contribution in [1.82, 2.24) is 19.9 Å². The number of aromatic hydroxyl groups is 1. The maximum Gasteiger partial charge on any atom is 0.261 e. The maximum absolute atomic E-state index is 15.4. The molecule has 9 N–H and O–H groups in total. The molecular weight excluding hydrogens is 1010 g/mol. The van der Waals surface area contributed by atoms with Crippen LogP contribution in [0.25, 0.3) is 16.3 Å². The number of aliphatic hydroxyl groups is 5. The third kappa shape index (κ3) is 5.69. The van der Waals surface area contributed by atoms with E-state index in [2.05, 4.69) is 38.2 Å². The van der Waals surface area contributed by atoms with E-state index in [1.165, 1.54) is 6.07 Å². The number of fused-ring (bicyclic) bond motifs is 9. The molecule has 0 amide bonds. The first kappa shape index (κ1) is 48.6. The normalized spacial score (nSPS) is 38.9. The fourth-order valence-electron chi connectivity index (χ4n) is 20.5. The largest absolute Gasteiger partial charge is 0.507 e. The second-order valence-electron chi connectivity index (χ2n) is 27.1. The van der Waals surface area contributed by atoms with Crippen molar-refractivity contribution in [3.63, 3.8) is 0 Å². The molecule has 15 heteroatoms. The molecule has 18 rings (SSSR count). The highest BCUT2D eigenvalue weighted by Gasteiger charge is 2.78. The zero-order chi connectivity index (χ0) is 54.3. The van der Waals surface area contributed by atoms with Crippen molar-refractivity contribution in [2.45, 2.75) is 176 Å². The Balaban J connectivity index is 1.03. The zero-order valence-electron chi connectivity index (χ0n) is 45.0. The monoisotopic (exact) mass is 1080 g/mol. The number of nitrogens with one attached hydrogen (secondary N) is 3. The summed E-state index contributed by atoms with van der Waals surface area (Å²) in [6.07, 6.45) is 13.8. The molecule has 4 aliphatic heterocycles. The van der Waals surface area contributed by atoms with Crippen LogP contribution in [0.15, 0.2) is 66.3 Å². The lowest BCUT2D eigenvalue weighted by molar-refractivity contribution is -0.366. The predicted octanol–water partition coefficient (Wildman–Crippen LogP) is 8.23. The van der Waals surface area contributed by atoms with Gasteiger partial charge in [-0.1, -0.05) is 50.0 Å². The number of imidazole rings is 1. The van der Waals surface area contributed by atoms with Crippen molar-refractivity contribution in [3.05, 3.63) is 117 Å². The number of pyridine rings is 1. The third-order valence-corrected chi connectivity index (χ3v) is 23.7. The van der Waals surface area contributed by atoms with Crippen LogP contribution in [-0.4, -0.2) is 111 Å². The number of aryl methyl sites for hydroxylation is 1. The van der Waals surface area contributed by atoms with E-state index in [1.807, 2.05) is 6.20 Å². The third-order valence-electron chi connectivity index (χ3n) is 23.7. The van der Waals surface area contributed by atoms with E-state index in [0.29, 0.717) is 71.1 Å². The van der Waals surface area contributed by atoms with Crippen LogP contribution in [0.5, 0.6) is 11.5 Å². The van der Waals surface area contributed by atoms with Crippen LogP contribution in [-0.2, 0) is 10.2 Å². The van der Waals surface area contributed by atoms with Crippen LogP contribution in [0.3, 0.4) is 0 Å². The Morgan fingerprint density at radius 2 is 1.62 bits per heavy atom. The van der Waals surface area contributed by atoms with Crippen LogP contribution in [0.2, 0.25) is 0 Å². The Hall–Kier alpha value is -6.12. The van der Waals surface area contributed by atoms with Crippen molar-refractivity contribution >= 4 is 33.7 Å². The van der Waals surface area contributed by atoms with Gasteiger partial charge in [-0.05, 0) is 153 Å². The van der Waals surface area contributed by atoms with Gasteiger partial charge in [0.2, 0.25) is 5.78 Å². The molecule has 3 aromatic heterocycles. The summed E-state index contributed by atoms with van der Waals surface area (Å²) >= 11 is 0. The summed E-state index contributed by atoms with van der Waals surface area (Å²) in [5.74, 6) is 3.43. The van der Waals surface area contributed by atoms with Crippen LogP contribution in [0.1, 0.15) is 182 Å². The Morgan fingerprint density at radius 3 is 2.44 bits per heavy atom. The number of nitrogens with zero attached hydrogens (tertiary/aromatic N) is 2. The Morgan fingerprint density at radius 1 is 0.812 bits per heavy atom. The molecule has 10 bridgehead atoms. The summed E-state index contributed by atoms with van der Waals surface area (Å²) < 4.78 is 15.0. The summed E-state index contributed by atoms with van der Waals surface area (Å²) in [4.78, 5) is 47.9. The van der Waals surface area contributed by atoms with Crippen LogP contribution in [0.4, 0.5) is 5.82 Å². The molecule has 0 radical (unpaired) electrons. The summed E-state index contributed by atoms with van der Waals surface area (Å²) in [5.41, 5.74) is 0.365. The number of phenolic OH excluding ortho intramolecular Hbond substituents is 1. The van der Waals surface area contributed by atoms with Gasteiger partial charge in [-0.15, -0.1) is 5.92 Å². The molecule has 1 saturated heterocycles. The molecule has 80 heavy (non-hydrogen) atoms. The lowest BCUT2D eigenvalue weighted by Crippen LogP contribution is -2.79. The van der Waals surface area contributed by atoms with Gasteiger partial charge in [0.05, 0.1) is 35.1 Å². The number of aromatic nitrogens is 4. The second-order valence-corrected chi connectivity index (χ2v) is 27.1. The van der Waals surface area contributed by atoms with Crippen LogP contribution >= 0.6 is 0 Å². The molecule has 412 valence electrons. The number of aliphatic hydroxyl groups excluding tert-OH is 5. The van der Waals surface area contributed by atoms with E-state index in [-0.39, 0.29) is 63.0 Å². The van der Waals surface area contributed by atoms with E-state index < -0.39 is 75.6 Å². The average molecular weight is 1080 g/mol. The summed E-state index contributed by atoms with van der Waals surface area (Å²) in [6, 6.07) is 8.61. The van der Waals surface area contributed by atoms with Crippen LogP contribution < -0.4 is 10.1 Å². The molecule has 6 spiro atoms. The first-order valence-electron chi connectivity index (χ1n) is 29.7. The van der Waals surface area contributed by atoms with Gasteiger partial charge in [0, 0.05) is 87.2 Å². The number of phenols is 1. The molecule has 0 unspecified atom stereocenters. The van der Waals surface area contributed by atoms with Gasteiger partial charge in [0.1, 0.15) is 29.5 Å². The zero-order valence-corrected chi connectivity index (χ0v) is 45.0. The topological polar surface area (TPSA) is 243 Å². The number of hydrogen-bond donors (Lipinski definition) is 9. The SMILES string of the molecule is Cc1cc(O)c2c(c1)C(=O)c1c(c3cc4c(nccc14)NC[C@@H](O)[C@]14CC5(CCCC5)[C@H]5C#CC[C@@H]6CCCC[C@@]6(c6cnc[nH]6)c6cc(c([nH]6)C6=C[C@@]7(O3)O[C@@]3(C6=C1C[C@@]1(CCC6(CCCC6)C1)[C@H]3O)[C@@H](O)[C@H](O)[C@H]7O)[C@H]54)C2=O.